The molecule has 2 N–H and O–H groups in total. The number of nitrogens with zero attached hydrogens (tertiary/aromatic N) is 3. The van der Waals surface area contributed by atoms with Gasteiger partial charge in [0, 0.05) is 25.6 Å². The van der Waals surface area contributed by atoms with Gasteiger partial charge in [-0.3, -0.25) is 0 Å². The number of rotatable bonds is 4. The van der Waals surface area contributed by atoms with E-state index in [1.807, 2.05) is 6.07 Å². The summed E-state index contributed by atoms with van der Waals surface area (Å²) in [5.41, 5.74) is 6.05. The van der Waals surface area contributed by atoms with Crippen LogP contribution in [0.4, 0.5) is 11.6 Å². The molecule has 0 amide bonds. The van der Waals surface area contributed by atoms with Crippen molar-refractivity contribution in [3.8, 4) is 0 Å². The molecule has 0 fully saturated rings. The van der Waals surface area contributed by atoms with E-state index in [0.29, 0.717) is 11.9 Å². The number of hydrogen-bond acceptors (Lipinski definition) is 4. The van der Waals surface area contributed by atoms with Gasteiger partial charge >= 0.3 is 0 Å². The molecule has 18 heavy (non-hydrogen) atoms. The van der Waals surface area contributed by atoms with Gasteiger partial charge in [0.05, 0.1) is 0 Å². The smallest absolute Gasteiger partial charge is 0.134 e. The first-order chi connectivity index (χ1) is 8.25. The predicted molar refractivity (Wildman–Crippen MR) is 77.8 cm³/mol. The van der Waals surface area contributed by atoms with Crippen LogP contribution in [-0.2, 0) is 6.42 Å². The molecule has 0 aliphatic heterocycles. The molecule has 1 aromatic rings. The van der Waals surface area contributed by atoms with Gasteiger partial charge in [-0.1, -0.05) is 27.7 Å². The monoisotopic (exact) mass is 250 g/mol. The minimum Gasteiger partial charge on any atom is -0.384 e. The molecule has 0 aliphatic rings. The van der Waals surface area contributed by atoms with Crippen molar-refractivity contribution in [3.63, 3.8) is 0 Å². The van der Waals surface area contributed by atoms with Crippen LogP contribution >= 0.6 is 0 Å². The van der Waals surface area contributed by atoms with Crippen molar-refractivity contribution in [2.75, 3.05) is 17.7 Å². The van der Waals surface area contributed by atoms with Gasteiger partial charge in [-0.2, -0.15) is 0 Å². The average Bonchev–Trinajstić information content (AvgIpc) is 2.25. The largest absolute Gasteiger partial charge is 0.384 e. The van der Waals surface area contributed by atoms with Crippen molar-refractivity contribution in [2.45, 2.75) is 53.5 Å². The van der Waals surface area contributed by atoms with E-state index >= 15 is 0 Å². The lowest BCUT2D eigenvalue weighted by molar-refractivity contribution is 0.328. The molecule has 0 aromatic carbocycles. The Balaban J connectivity index is 3.01. The van der Waals surface area contributed by atoms with E-state index in [-0.39, 0.29) is 5.41 Å². The zero-order valence-corrected chi connectivity index (χ0v) is 12.5. The minimum absolute atomic E-state index is 0.194. The molecule has 1 rings (SSSR count). The van der Waals surface area contributed by atoms with Crippen LogP contribution in [0.2, 0.25) is 0 Å². The van der Waals surface area contributed by atoms with Gasteiger partial charge < -0.3 is 10.6 Å². The zero-order chi connectivity index (χ0) is 13.9. The number of aromatic nitrogens is 2. The van der Waals surface area contributed by atoms with Gasteiger partial charge in [0.2, 0.25) is 0 Å². The van der Waals surface area contributed by atoms with Crippen molar-refractivity contribution in [1.82, 2.24) is 9.97 Å². The highest BCUT2D eigenvalue weighted by Crippen LogP contribution is 2.26. The molecule has 0 spiro atoms. The lowest BCUT2D eigenvalue weighted by Crippen LogP contribution is -2.40. The molecular formula is C14H26N4. The number of anilines is 2. The summed E-state index contributed by atoms with van der Waals surface area (Å²) in [6.07, 6.45) is 1.90. The Kier molecular flexibility index (Phi) is 4.54. The van der Waals surface area contributed by atoms with Crippen LogP contribution in [0.3, 0.4) is 0 Å². The van der Waals surface area contributed by atoms with E-state index in [2.05, 4.69) is 56.5 Å². The van der Waals surface area contributed by atoms with E-state index in [1.165, 1.54) is 0 Å². The first kappa shape index (κ1) is 14.7. The Hall–Kier alpha value is -1.32. The summed E-state index contributed by atoms with van der Waals surface area (Å²) in [7, 11) is 2.06. The number of nitrogen functional groups attached to an aromatic ring is 1. The molecular weight excluding hydrogens is 224 g/mol. The molecule has 0 saturated heterocycles. The van der Waals surface area contributed by atoms with Crippen molar-refractivity contribution >= 4 is 11.6 Å². The zero-order valence-electron chi connectivity index (χ0n) is 12.5. The van der Waals surface area contributed by atoms with Crippen LogP contribution < -0.4 is 10.6 Å². The second kappa shape index (κ2) is 5.55. The first-order valence-corrected chi connectivity index (χ1v) is 6.62. The predicted octanol–water partition coefficient (Wildman–Crippen LogP) is 2.88. The average molecular weight is 250 g/mol. The van der Waals surface area contributed by atoms with Crippen LogP contribution in [0.1, 0.15) is 46.9 Å². The second-order valence-corrected chi connectivity index (χ2v) is 5.97. The fourth-order valence-corrected chi connectivity index (χ4v) is 1.80. The van der Waals surface area contributed by atoms with Crippen LogP contribution in [0, 0.1) is 5.41 Å². The standard InChI is InChI=1S/C14H26N4/c1-7-8-12-16-11(15)9-13(17-12)18(6)10(2)14(3,4)5/h9-10H,7-8H2,1-6H3,(H2,15,16,17). The van der Waals surface area contributed by atoms with E-state index in [9.17, 15) is 0 Å². The number of hydrogen-bond donors (Lipinski definition) is 1. The van der Waals surface area contributed by atoms with E-state index in [4.69, 9.17) is 5.73 Å². The molecule has 1 heterocycles. The highest BCUT2D eigenvalue weighted by Gasteiger charge is 2.25. The molecule has 0 saturated carbocycles. The quantitative estimate of drug-likeness (QED) is 0.892. The molecule has 102 valence electrons. The Morgan fingerprint density at radius 3 is 2.44 bits per heavy atom. The van der Waals surface area contributed by atoms with Crippen molar-refractivity contribution in [1.29, 1.82) is 0 Å². The van der Waals surface area contributed by atoms with Crippen LogP contribution in [0.15, 0.2) is 6.07 Å². The second-order valence-electron chi connectivity index (χ2n) is 5.97. The normalized spacial score (nSPS) is 13.4. The topological polar surface area (TPSA) is 55.0 Å². The lowest BCUT2D eigenvalue weighted by Gasteiger charge is -2.36. The Morgan fingerprint density at radius 1 is 1.33 bits per heavy atom. The molecule has 1 atom stereocenters. The van der Waals surface area contributed by atoms with Gasteiger partial charge in [-0.15, -0.1) is 0 Å². The van der Waals surface area contributed by atoms with E-state index < -0.39 is 0 Å². The maximum Gasteiger partial charge on any atom is 0.134 e. The van der Waals surface area contributed by atoms with E-state index in [0.717, 1.165) is 24.5 Å². The SMILES string of the molecule is CCCc1nc(N)cc(N(C)C(C)C(C)(C)C)n1. The third-order valence-corrected chi connectivity index (χ3v) is 3.45. The Labute approximate surface area is 111 Å². The third-order valence-electron chi connectivity index (χ3n) is 3.45. The fourth-order valence-electron chi connectivity index (χ4n) is 1.80. The molecule has 0 aliphatic carbocycles. The Bertz CT molecular complexity index is 395. The molecule has 4 heteroatoms. The first-order valence-electron chi connectivity index (χ1n) is 6.62. The maximum atomic E-state index is 5.86. The van der Waals surface area contributed by atoms with Crippen molar-refractivity contribution in [3.05, 3.63) is 11.9 Å². The van der Waals surface area contributed by atoms with Crippen LogP contribution in [0.25, 0.3) is 0 Å². The van der Waals surface area contributed by atoms with Crippen LogP contribution in [-0.4, -0.2) is 23.1 Å². The molecule has 4 nitrogen and oxygen atoms in total. The summed E-state index contributed by atoms with van der Waals surface area (Å²) < 4.78 is 0. The molecule has 0 radical (unpaired) electrons. The Morgan fingerprint density at radius 2 is 1.94 bits per heavy atom. The number of aryl methyl sites for hydroxylation is 1. The summed E-state index contributed by atoms with van der Waals surface area (Å²) in [6.45, 7) is 11.0. The third kappa shape index (κ3) is 3.59. The van der Waals surface area contributed by atoms with Crippen molar-refractivity contribution < 1.29 is 0 Å². The summed E-state index contributed by atoms with van der Waals surface area (Å²) in [5.74, 6) is 2.30. The van der Waals surface area contributed by atoms with Crippen molar-refractivity contribution in [2.24, 2.45) is 5.41 Å². The van der Waals surface area contributed by atoms with Gasteiger partial charge in [-0.25, -0.2) is 9.97 Å². The summed E-state index contributed by atoms with van der Waals surface area (Å²) >= 11 is 0. The molecule has 1 aromatic heterocycles. The van der Waals surface area contributed by atoms with Gasteiger partial charge in [0.15, 0.2) is 0 Å². The van der Waals surface area contributed by atoms with Gasteiger partial charge in [0.25, 0.3) is 0 Å². The highest BCUT2D eigenvalue weighted by molar-refractivity contribution is 5.47. The number of nitrogens with two attached hydrogens (primary N) is 1. The van der Waals surface area contributed by atoms with Gasteiger partial charge in [-0.05, 0) is 18.8 Å². The summed E-state index contributed by atoms with van der Waals surface area (Å²) in [4.78, 5) is 11.0. The highest BCUT2D eigenvalue weighted by atomic mass is 15.2. The minimum atomic E-state index is 0.194. The molecule has 0 bridgehead atoms. The summed E-state index contributed by atoms with van der Waals surface area (Å²) in [5, 5.41) is 0. The fraction of sp³-hybridized carbons (Fsp3) is 0.714. The molecule has 1 unspecified atom stereocenters. The van der Waals surface area contributed by atoms with Crippen LogP contribution in [0.5, 0.6) is 0 Å². The lowest BCUT2D eigenvalue weighted by atomic mass is 9.87. The summed E-state index contributed by atoms with van der Waals surface area (Å²) in [6, 6.07) is 2.22. The van der Waals surface area contributed by atoms with E-state index in [1.54, 1.807) is 0 Å². The van der Waals surface area contributed by atoms with Gasteiger partial charge in [0.1, 0.15) is 17.5 Å². The maximum absolute atomic E-state index is 5.86.